The molecule has 7 heteroatoms. The number of amides is 2. The summed E-state index contributed by atoms with van der Waals surface area (Å²) < 4.78 is 10.6. The zero-order chi connectivity index (χ0) is 15.6. The van der Waals surface area contributed by atoms with Crippen LogP contribution in [0.15, 0.2) is 12.3 Å². The largest absolute Gasteiger partial charge is 0.474 e. The van der Waals surface area contributed by atoms with Crippen molar-refractivity contribution in [1.82, 2.24) is 4.98 Å². The third-order valence-electron chi connectivity index (χ3n) is 2.70. The molecule has 0 saturated carbocycles. The molecule has 0 atom stereocenters. The van der Waals surface area contributed by atoms with Crippen molar-refractivity contribution in [2.75, 3.05) is 23.4 Å². The van der Waals surface area contributed by atoms with Crippen LogP contribution in [-0.2, 0) is 9.53 Å². The van der Waals surface area contributed by atoms with Gasteiger partial charge in [-0.1, -0.05) is 0 Å². The van der Waals surface area contributed by atoms with Crippen LogP contribution in [0.25, 0.3) is 0 Å². The Balaban J connectivity index is 2.18. The highest BCUT2D eigenvalue weighted by molar-refractivity contribution is 5.94. The Morgan fingerprint density at radius 2 is 2.14 bits per heavy atom. The molecule has 7 nitrogen and oxygen atoms in total. The van der Waals surface area contributed by atoms with Crippen LogP contribution in [0.5, 0.6) is 5.88 Å². The molecule has 114 valence electrons. The van der Waals surface area contributed by atoms with Gasteiger partial charge in [0.25, 0.3) is 0 Å². The maximum absolute atomic E-state index is 11.7. The Hall–Kier alpha value is -2.31. The molecular formula is C14H19N3O4. The highest BCUT2D eigenvalue weighted by Crippen LogP contribution is 2.31. The van der Waals surface area contributed by atoms with E-state index in [0.29, 0.717) is 30.4 Å². The maximum atomic E-state index is 11.7. The van der Waals surface area contributed by atoms with Crippen LogP contribution in [0, 0.1) is 0 Å². The van der Waals surface area contributed by atoms with Crippen LogP contribution in [0.3, 0.4) is 0 Å². The molecule has 1 aliphatic heterocycles. The van der Waals surface area contributed by atoms with Gasteiger partial charge in [0.15, 0.2) is 0 Å². The van der Waals surface area contributed by atoms with Gasteiger partial charge in [-0.05, 0) is 26.8 Å². The molecule has 0 saturated heterocycles. The fourth-order valence-electron chi connectivity index (χ4n) is 1.92. The molecule has 0 fully saturated rings. The molecule has 0 aliphatic carbocycles. The molecule has 0 radical (unpaired) electrons. The average molecular weight is 293 g/mol. The number of aromatic nitrogens is 1. The van der Waals surface area contributed by atoms with Crippen LogP contribution < -0.4 is 15.0 Å². The summed E-state index contributed by atoms with van der Waals surface area (Å²) in [6, 6.07) is 1.65. The minimum Gasteiger partial charge on any atom is -0.474 e. The van der Waals surface area contributed by atoms with Crippen molar-refractivity contribution in [3.8, 4) is 5.88 Å². The maximum Gasteiger partial charge on any atom is 0.412 e. The van der Waals surface area contributed by atoms with Gasteiger partial charge in [-0.25, -0.2) is 9.78 Å². The van der Waals surface area contributed by atoms with E-state index in [1.165, 1.54) is 13.1 Å². The Kier molecular flexibility index (Phi) is 4.02. The molecule has 0 spiro atoms. The quantitative estimate of drug-likeness (QED) is 0.858. The number of carbonyl (C=O) groups excluding carboxylic acids is 2. The summed E-state index contributed by atoms with van der Waals surface area (Å²) in [6.07, 6.45) is 0.891. The van der Waals surface area contributed by atoms with Crippen LogP contribution >= 0.6 is 0 Å². The standard InChI is InChI=1S/C14H19N3O4/c1-9(18)17-5-6-20-12-11(17)7-10(8-15-12)16-13(19)21-14(2,3)4/h7-8H,5-6H2,1-4H3,(H,16,19). The summed E-state index contributed by atoms with van der Waals surface area (Å²) in [7, 11) is 0. The Morgan fingerprint density at radius 3 is 2.76 bits per heavy atom. The number of nitrogens with one attached hydrogen (secondary N) is 1. The normalized spacial score (nSPS) is 14.0. The van der Waals surface area contributed by atoms with Crippen molar-refractivity contribution in [3.63, 3.8) is 0 Å². The number of carbonyl (C=O) groups is 2. The topological polar surface area (TPSA) is 80.8 Å². The minimum absolute atomic E-state index is 0.101. The second kappa shape index (κ2) is 5.59. The van der Waals surface area contributed by atoms with E-state index < -0.39 is 11.7 Å². The van der Waals surface area contributed by atoms with Crippen LogP contribution in [0.2, 0.25) is 0 Å². The zero-order valence-electron chi connectivity index (χ0n) is 12.6. The lowest BCUT2D eigenvalue weighted by molar-refractivity contribution is -0.116. The van der Waals surface area contributed by atoms with E-state index in [2.05, 4.69) is 10.3 Å². The molecule has 0 bridgehead atoms. The van der Waals surface area contributed by atoms with E-state index in [-0.39, 0.29) is 5.91 Å². The van der Waals surface area contributed by atoms with Crippen molar-refractivity contribution in [3.05, 3.63) is 12.3 Å². The molecular weight excluding hydrogens is 274 g/mol. The number of anilines is 2. The Bertz CT molecular complexity index is 566. The Morgan fingerprint density at radius 1 is 1.43 bits per heavy atom. The molecule has 1 aliphatic rings. The summed E-state index contributed by atoms with van der Waals surface area (Å²) in [4.78, 5) is 29.0. The monoisotopic (exact) mass is 293 g/mol. The third-order valence-corrected chi connectivity index (χ3v) is 2.70. The van der Waals surface area contributed by atoms with Crippen LogP contribution in [-0.4, -0.2) is 35.7 Å². The number of pyridine rings is 1. The fraction of sp³-hybridized carbons (Fsp3) is 0.500. The highest BCUT2D eigenvalue weighted by atomic mass is 16.6. The number of nitrogens with zero attached hydrogens (tertiary/aromatic N) is 2. The first-order valence-electron chi connectivity index (χ1n) is 6.67. The first-order chi connectivity index (χ1) is 9.76. The molecule has 2 heterocycles. The summed E-state index contributed by atoms with van der Waals surface area (Å²) in [5.74, 6) is 0.280. The van der Waals surface area contributed by atoms with E-state index in [0.717, 1.165) is 0 Å². The van der Waals surface area contributed by atoms with E-state index >= 15 is 0 Å². The lowest BCUT2D eigenvalue weighted by Crippen LogP contribution is -2.36. The summed E-state index contributed by atoms with van der Waals surface area (Å²) >= 11 is 0. The predicted octanol–water partition coefficient (Wildman–Crippen LogP) is 2.17. The molecule has 2 amide bonds. The zero-order valence-corrected chi connectivity index (χ0v) is 12.6. The molecule has 21 heavy (non-hydrogen) atoms. The van der Waals surface area contributed by atoms with Gasteiger partial charge in [0, 0.05) is 6.92 Å². The smallest absolute Gasteiger partial charge is 0.412 e. The van der Waals surface area contributed by atoms with E-state index in [4.69, 9.17) is 9.47 Å². The van der Waals surface area contributed by atoms with Crippen LogP contribution in [0.1, 0.15) is 27.7 Å². The summed E-state index contributed by atoms with van der Waals surface area (Å²) in [5.41, 5.74) is 0.405. The lowest BCUT2D eigenvalue weighted by atomic mass is 10.2. The number of fused-ring (bicyclic) bond motifs is 1. The number of ether oxygens (including phenoxy) is 2. The first kappa shape index (κ1) is 15.1. The number of hydrogen-bond acceptors (Lipinski definition) is 5. The molecule has 1 N–H and O–H groups in total. The third kappa shape index (κ3) is 3.84. The van der Waals surface area contributed by atoms with E-state index in [9.17, 15) is 9.59 Å². The van der Waals surface area contributed by atoms with Gasteiger partial charge >= 0.3 is 6.09 Å². The first-order valence-corrected chi connectivity index (χ1v) is 6.67. The number of rotatable bonds is 1. The minimum atomic E-state index is -0.583. The second-order valence-electron chi connectivity index (χ2n) is 5.69. The summed E-state index contributed by atoms with van der Waals surface area (Å²) in [6.45, 7) is 7.68. The summed E-state index contributed by atoms with van der Waals surface area (Å²) in [5, 5.41) is 2.59. The van der Waals surface area contributed by atoms with Gasteiger partial charge in [0.2, 0.25) is 11.8 Å². The van der Waals surface area contributed by atoms with E-state index in [1.54, 1.807) is 31.7 Å². The lowest BCUT2D eigenvalue weighted by Gasteiger charge is -2.28. The van der Waals surface area contributed by atoms with Gasteiger partial charge in [-0.15, -0.1) is 0 Å². The molecule has 2 rings (SSSR count). The predicted molar refractivity (Wildman–Crippen MR) is 77.6 cm³/mol. The van der Waals surface area contributed by atoms with Gasteiger partial charge < -0.3 is 14.4 Å². The number of hydrogen-bond donors (Lipinski definition) is 1. The fourth-order valence-corrected chi connectivity index (χ4v) is 1.92. The highest BCUT2D eigenvalue weighted by Gasteiger charge is 2.23. The van der Waals surface area contributed by atoms with Gasteiger partial charge in [-0.3, -0.25) is 10.1 Å². The van der Waals surface area contributed by atoms with Crippen molar-refractivity contribution in [1.29, 1.82) is 0 Å². The average Bonchev–Trinajstić information content (AvgIpc) is 2.35. The Labute approximate surface area is 123 Å². The molecule has 1 aromatic rings. The molecule has 1 aromatic heterocycles. The van der Waals surface area contributed by atoms with Crippen molar-refractivity contribution in [2.24, 2.45) is 0 Å². The van der Waals surface area contributed by atoms with Crippen LogP contribution in [0.4, 0.5) is 16.2 Å². The van der Waals surface area contributed by atoms with E-state index in [1.807, 2.05) is 0 Å². The SMILES string of the molecule is CC(=O)N1CCOc2ncc(NC(=O)OC(C)(C)C)cc21. The van der Waals surface area contributed by atoms with Gasteiger partial charge in [0.05, 0.1) is 18.4 Å². The van der Waals surface area contributed by atoms with Crippen molar-refractivity contribution >= 4 is 23.4 Å². The van der Waals surface area contributed by atoms with Crippen molar-refractivity contribution in [2.45, 2.75) is 33.3 Å². The van der Waals surface area contributed by atoms with Gasteiger partial charge in [-0.2, -0.15) is 0 Å². The van der Waals surface area contributed by atoms with Crippen molar-refractivity contribution < 1.29 is 19.1 Å². The molecule has 0 aromatic carbocycles. The molecule has 0 unspecified atom stereocenters. The van der Waals surface area contributed by atoms with Gasteiger partial charge in [0.1, 0.15) is 17.9 Å². The second-order valence-corrected chi connectivity index (χ2v) is 5.69.